The second-order valence-electron chi connectivity index (χ2n) is 5.08. The fourth-order valence-electron chi connectivity index (χ4n) is 2.46. The fraction of sp³-hybridized carbons (Fsp3) is 0.917. The summed E-state index contributed by atoms with van der Waals surface area (Å²) in [6.45, 7) is 0. The van der Waals surface area contributed by atoms with Gasteiger partial charge in [-0.2, -0.15) is 11.8 Å². The summed E-state index contributed by atoms with van der Waals surface area (Å²) in [5, 5.41) is 4.14. The van der Waals surface area contributed by atoms with Gasteiger partial charge >= 0.3 is 0 Å². The highest BCUT2D eigenvalue weighted by Crippen LogP contribution is 2.34. The largest absolute Gasteiger partial charge is 0.350 e. The van der Waals surface area contributed by atoms with Crippen molar-refractivity contribution in [2.75, 3.05) is 16.8 Å². The molecule has 0 aromatic rings. The average molecular weight is 306 g/mol. The summed E-state index contributed by atoms with van der Waals surface area (Å²) in [5.74, 6) is 3.38. The van der Waals surface area contributed by atoms with Crippen molar-refractivity contribution in [1.29, 1.82) is 0 Å². The number of hydrogen-bond donors (Lipinski definition) is 1. The molecule has 1 aliphatic carbocycles. The predicted octanol–water partition coefficient (Wildman–Crippen LogP) is 2.95. The standard InChI is InChI=1S/C12H20BrNOS/c13-9-12(4-1-5-12)14-11(15)8-10-2-6-16-7-3-10/h10H,1-9H2,(H,14,15). The monoisotopic (exact) mass is 305 g/mol. The van der Waals surface area contributed by atoms with Crippen LogP contribution in [-0.2, 0) is 4.79 Å². The smallest absolute Gasteiger partial charge is 0.220 e. The molecule has 1 saturated heterocycles. The Hall–Kier alpha value is 0.300. The number of amides is 1. The van der Waals surface area contributed by atoms with Crippen LogP contribution in [0.15, 0.2) is 0 Å². The van der Waals surface area contributed by atoms with E-state index in [1.807, 2.05) is 11.8 Å². The maximum absolute atomic E-state index is 11.9. The van der Waals surface area contributed by atoms with Crippen LogP contribution in [0.1, 0.15) is 38.5 Å². The Balaban J connectivity index is 1.74. The van der Waals surface area contributed by atoms with Gasteiger partial charge in [0.15, 0.2) is 0 Å². The lowest BCUT2D eigenvalue weighted by Crippen LogP contribution is -2.55. The quantitative estimate of drug-likeness (QED) is 0.809. The highest BCUT2D eigenvalue weighted by atomic mass is 79.9. The van der Waals surface area contributed by atoms with Crippen molar-refractivity contribution in [3.63, 3.8) is 0 Å². The molecular weight excluding hydrogens is 286 g/mol. The van der Waals surface area contributed by atoms with E-state index in [1.165, 1.54) is 30.8 Å². The number of thioether (sulfide) groups is 1. The highest BCUT2D eigenvalue weighted by Gasteiger charge is 2.37. The normalized spacial score (nSPS) is 24.8. The van der Waals surface area contributed by atoms with Crippen LogP contribution in [0.25, 0.3) is 0 Å². The van der Waals surface area contributed by atoms with E-state index in [2.05, 4.69) is 21.2 Å². The van der Waals surface area contributed by atoms with E-state index >= 15 is 0 Å². The summed E-state index contributed by atoms with van der Waals surface area (Å²) >= 11 is 5.54. The zero-order valence-corrected chi connectivity index (χ0v) is 12.0. The van der Waals surface area contributed by atoms with Gasteiger partial charge in [0.2, 0.25) is 5.91 Å². The molecule has 0 unspecified atom stereocenters. The molecule has 1 saturated carbocycles. The molecule has 2 fully saturated rings. The fourth-order valence-corrected chi connectivity index (χ4v) is 4.36. The summed E-state index contributed by atoms with van der Waals surface area (Å²) in [6.07, 6.45) is 6.73. The molecule has 2 nitrogen and oxygen atoms in total. The third-order valence-electron chi connectivity index (χ3n) is 3.79. The van der Waals surface area contributed by atoms with Crippen LogP contribution >= 0.6 is 27.7 Å². The Morgan fingerprint density at radius 3 is 2.56 bits per heavy atom. The Kier molecular flexibility index (Phi) is 4.59. The SMILES string of the molecule is O=C(CC1CCSCC1)NC1(CBr)CCC1. The van der Waals surface area contributed by atoms with Gasteiger partial charge in [0.05, 0.1) is 0 Å². The minimum Gasteiger partial charge on any atom is -0.350 e. The van der Waals surface area contributed by atoms with Gasteiger partial charge in [0, 0.05) is 17.3 Å². The van der Waals surface area contributed by atoms with Crippen LogP contribution in [0.5, 0.6) is 0 Å². The number of rotatable bonds is 4. The maximum Gasteiger partial charge on any atom is 0.220 e. The molecule has 0 atom stereocenters. The topological polar surface area (TPSA) is 29.1 Å². The van der Waals surface area contributed by atoms with Crippen LogP contribution in [0.2, 0.25) is 0 Å². The van der Waals surface area contributed by atoms with Crippen molar-refractivity contribution in [3.8, 4) is 0 Å². The van der Waals surface area contributed by atoms with Crippen LogP contribution in [0.3, 0.4) is 0 Å². The van der Waals surface area contributed by atoms with Crippen molar-refractivity contribution >= 4 is 33.6 Å². The molecule has 16 heavy (non-hydrogen) atoms. The predicted molar refractivity (Wildman–Crippen MR) is 73.2 cm³/mol. The van der Waals surface area contributed by atoms with Gasteiger partial charge < -0.3 is 5.32 Å². The number of hydrogen-bond acceptors (Lipinski definition) is 2. The van der Waals surface area contributed by atoms with E-state index in [0.29, 0.717) is 5.92 Å². The van der Waals surface area contributed by atoms with E-state index in [-0.39, 0.29) is 11.4 Å². The molecule has 1 amide bonds. The first-order valence-electron chi connectivity index (χ1n) is 6.19. The van der Waals surface area contributed by atoms with Crippen molar-refractivity contribution in [3.05, 3.63) is 0 Å². The van der Waals surface area contributed by atoms with Crippen molar-refractivity contribution in [2.24, 2.45) is 5.92 Å². The summed E-state index contributed by atoms with van der Waals surface area (Å²) < 4.78 is 0. The van der Waals surface area contributed by atoms with E-state index in [4.69, 9.17) is 0 Å². The lowest BCUT2D eigenvalue weighted by molar-refractivity contribution is -0.124. The Labute approximate surface area is 110 Å². The third-order valence-corrected chi connectivity index (χ3v) is 5.91. The number of carbonyl (C=O) groups excluding carboxylic acids is 1. The van der Waals surface area contributed by atoms with E-state index in [0.717, 1.165) is 24.6 Å². The molecule has 1 aliphatic heterocycles. The van der Waals surface area contributed by atoms with E-state index < -0.39 is 0 Å². The minimum absolute atomic E-state index is 0.0977. The lowest BCUT2D eigenvalue weighted by Gasteiger charge is -2.41. The summed E-state index contributed by atoms with van der Waals surface area (Å²) in [6, 6.07) is 0. The third kappa shape index (κ3) is 3.16. The zero-order valence-electron chi connectivity index (χ0n) is 9.64. The number of nitrogens with one attached hydrogen (secondary N) is 1. The van der Waals surface area contributed by atoms with Gasteiger partial charge in [-0.05, 0) is 49.5 Å². The number of carbonyl (C=O) groups is 1. The van der Waals surface area contributed by atoms with Gasteiger partial charge in [-0.3, -0.25) is 4.79 Å². The molecule has 0 bridgehead atoms. The summed E-state index contributed by atoms with van der Waals surface area (Å²) in [7, 11) is 0. The minimum atomic E-state index is 0.0977. The zero-order chi connectivity index (χ0) is 11.4. The molecule has 2 rings (SSSR count). The number of halogens is 1. The molecule has 0 aromatic carbocycles. The molecule has 1 heterocycles. The van der Waals surface area contributed by atoms with Gasteiger partial charge in [-0.15, -0.1) is 0 Å². The number of alkyl halides is 1. The first kappa shape index (κ1) is 12.7. The Morgan fingerprint density at radius 2 is 2.06 bits per heavy atom. The van der Waals surface area contributed by atoms with Crippen LogP contribution in [0.4, 0.5) is 0 Å². The summed E-state index contributed by atoms with van der Waals surface area (Å²) in [4.78, 5) is 11.9. The van der Waals surface area contributed by atoms with Crippen molar-refractivity contribution in [1.82, 2.24) is 5.32 Å². The molecule has 0 spiro atoms. The lowest BCUT2D eigenvalue weighted by atomic mass is 9.78. The van der Waals surface area contributed by atoms with Gasteiger partial charge in [0.25, 0.3) is 0 Å². The van der Waals surface area contributed by atoms with Crippen molar-refractivity contribution in [2.45, 2.75) is 44.1 Å². The maximum atomic E-state index is 11.9. The van der Waals surface area contributed by atoms with Crippen LogP contribution < -0.4 is 5.32 Å². The van der Waals surface area contributed by atoms with E-state index in [1.54, 1.807) is 0 Å². The second kappa shape index (κ2) is 5.76. The highest BCUT2D eigenvalue weighted by molar-refractivity contribution is 9.09. The molecule has 2 aliphatic rings. The second-order valence-corrected chi connectivity index (χ2v) is 6.86. The van der Waals surface area contributed by atoms with Crippen LogP contribution in [0, 0.1) is 5.92 Å². The Bertz CT molecular complexity index is 244. The van der Waals surface area contributed by atoms with Gasteiger partial charge in [0.1, 0.15) is 0 Å². The van der Waals surface area contributed by atoms with Crippen molar-refractivity contribution < 1.29 is 4.79 Å². The molecule has 0 aromatic heterocycles. The molecular formula is C12H20BrNOS. The first-order chi connectivity index (χ1) is 7.74. The molecule has 4 heteroatoms. The van der Waals surface area contributed by atoms with Crippen LogP contribution in [-0.4, -0.2) is 28.3 Å². The first-order valence-corrected chi connectivity index (χ1v) is 8.46. The molecule has 0 radical (unpaired) electrons. The van der Waals surface area contributed by atoms with Gasteiger partial charge in [-0.25, -0.2) is 0 Å². The van der Waals surface area contributed by atoms with E-state index in [9.17, 15) is 4.79 Å². The Morgan fingerprint density at radius 1 is 1.38 bits per heavy atom. The molecule has 92 valence electrons. The summed E-state index contributed by atoms with van der Waals surface area (Å²) in [5.41, 5.74) is 0.0977. The molecule has 1 N–H and O–H groups in total. The average Bonchev–Trinajstić information content (AvgIpc) is 2.25. The van der Waals surface area contributed by atoms with Gasteiger partial charge in [-0.1, -0.05) is 15.9 Å².